The van der Waals surface area contributed by atoms with Crippen LogP contribution in [0.2, 0.25) is 5.02 Å². The van der Waals surface area contributed by atoms with Gasteiger partial charge in [0.15, 0.2) is 0 Å². The van der Waals surface area contributed by atoms with Gasteiger partial charge < -0.3 is 5.32 Å². The van der Waals surface area contributed by atoms with E-state index < -0.39 is 11.3 Å². The summed E-state index contributed by atoms with van der Waals surface area (Å²) in [4.78, 5) is 22.5. The summed E-state index contributed by atoms with van der Waals surface area (Å²) in [6.45, 7) is 5.77. The van der Waals surface area contributed by atoms with Gasteiger partial charge in [0.2, 0.25) is 11.1 Å². The molecule has 0 saturated carbocycles. The van der Waals surface area contributed by atoms with Crippen molar-refractivity contribution < 1.29 is 9.59 Å². The molecule has 7 heteroatoms. The number of nitrogens with one attached hydrogen (secondary N) is 1. The molecule has 0 aromatic carbocycles. The van der Waals surface area contributed by atoms with Crippen LogP contribution in [0.25, 0.3) is 0 Å². The van der Waals surface area contributed by atoms with Crippen molar-refractivity contribution in [1.29, 1.82) is 0 Å². The smallest absolute Gasteiger partial charge is 0.244 e. The molecule has 1 heterocycles. The van der Waals surface area contributed by atoms with Crippen LogP contribution in [-0.4, -0.2) is 27.5 Å². The fourth-order valence-corrected chi connectivity index (χ4v) is 1.98. The Labute approximate surface area is 122 Å². The molecular formula is C12H17Cl2N3O2. The summed E-state index contributed by atoms with van der Waals surface area (Å²) in [5.41, 5.74) is 1.46. The lowest BCUT2D eigenvalue weighted by Gasteiger charge is -2.14. The Morgan fingerprint density at radius 3 is 2.53 bits per heavy atom. The number of aromatic nitrogens is 2. The van der Waals surface area contributed by atoms with Crippen molar-refractivity contribution in [3.8, 4) is 0 Å². The van der Waals surface area contributed by atoms with Gasteiger partial charge in [-0.05, 0) is 38.8 Å². The second-order valence-electron chi connectivity index (χ2n) is 4.36. The quantitative estimate of drug-likeness (QED) is 0.648. The topological polar surface area (TPSA) is 64.0 Å². The first kappa shape index (κ1) is 16.0. The van der Waals surface area contributed by atoms with Crippen LogP contribution in [0.1, 0.15) is 37.2 Å². The molecule has 0 spiro atoms. The number of halogens is 2. The lowest BCUT2D eigenvalue weighted by Crippen LogP contribution is -2.32. The van der Waals surface area contributed by atoms with E-state index in [-0.39, 0.29) is 12.3 Å². The van der Waals surface area contributed by atoms with E-state index in [0.717, 1.165) is 5.69 Å². The SMILES string of the molecule is Cc1nn(C(C)C(=O)NCCCC(=O)Cl)c(C)c1Cl. The predicted octanol–water partition coefficient (Wildman–Crippen LogP) is 2.38. The lowest BCUT2D eigenvalue weighted by atomic mass is 10.2. The average Bonchev–Trinajstić information content (AvgIpc) is 2.61. The summed E-state index contributed by atoms with van der Waals surface area (Å²) in [5.74, 6) is -0.163. The van der Waals surface area contributed by atoms with Gasteiger partial charge in [0, 0.05) is 13.0 Å². The van der Waals surface area contributed by atoms with Gasteiger partial charge in [0.25, 0.3) is 0 Å². The standard InChI is InChI=1S/C12H17Cl2N3O2/c1-7-11(14)8(2)17(16-7)9(3)12(19)15-6-4-5-10(13)18/h9H,4-6H2,1-3H3,(H,15,19). The third-order valence-electron chi connectivity index (χ3n) is 2.83. The minimum absolute atomic E-state index is 0.163. The molecule has 0 bridgehead atoms. The third kappa shape index (κ3) is 4.21. The molecule has 1 aromatic rings. The van der Waals surface area contributed by atoms with Crippen molar-refractivity contribution in [2.24, 2.45) is 0 Å². The summed E-state index contributed by atoms with van der Waals surface area (Å²) in [5, 5.41) is 7.15. The van der Waals surface area contributed by atoms with Gasteiger partial charge >= 0.3 is 0 Å². The maximum Gasteiger partial charge on any atom is 0.244 e. The molecule has 1 aromatic heterocycles. The van der Waals surface area contributed by atoms with Crippen LogP contribution in [-0.2, 0) is 9.59 Å². The largest absolute Gasteiger partial charge is 0.354 e. The number of rotatable bonds is 6. The van der Waals surface area contributed by atoms with Crippen LogP contribution in [0.4, 0.5) is 0 Å². The zero-order valence-corrected chi connectivity index (χ0v) is 12.7. The monoisotopic (exact) mass is 305 g/mol. The van der Waals surface area contributed by atoms with Crippen LogP contribution < -0.4 is 5.32 Å². The van der Waals surface area contributed by atoms with Gasteiger partial charge in [-0.25, -0.2) is 0 Å². The Morgan fingerprint density at radius 2 is 2.05 bits per heavy atom. The van der Waals surface area contributed by atoms with Crippen molar-refractivity contribution in [2.45, 2.75) is 39.7 Å². The van der Waals surface area contributed by atoms with Gasteiger partial charge in [-0.1, -0.05) is 11.6 Å². The highest BCUT2D eigenvalue weighted by atomic mass is 35.5. The van der Waals surface area contributed by atoms with Gasteiger partial charge in [0.05, 0.1) is 16.4 Å². The maximum atomic E-state index is 11.9. The van der Waals surface area contributed by atoms with E-state index in [1.54, 1.807) is 18.5 Å². The number of carbonyl (C=O) groups excluding carboxylic acids is 2. The van der Waals surface area contributed by atoms with Gasteiger partial charge in [-0.2, -0.15) is 5.10 Å². The van der Waals surface area contributed by atoms with Crippen molar-refractivity contribution in [3.63, 3.8) is 0 Å². The summed E-state index contributed by atoms with van der Waals surface area (Å²) >= 11 is 11.3. The molecule has 106 valence electrons. The molecule has 19 heavy (non-hydrogen) atoms. The summed E-state index contributed by atoms with van der Waals surface area (Å²) in [7, 11) is 0. The first-order valence-corrected chi connectivity index (χ1v) is 6.77. The highest BCUT2D eigenvalue weighted by molar-refractivity contribution is 6.63. The first-order valence-electron chi connectivity index (χ1n) is 6.01. The fraction of sp³-hybridized carbons (Fsp3) is 0.583. The van der Waals surface area contributed by atoms with Gasteiger partial charge in [-0.3, -0.25) is 14.3 Å². The molecule has 1 atom stereocenters. The second kappa shape index (κ2) is 6.91. The van der Waals surface area contributed by atoms with Crippen LogP contribution in [0.15, 0.2) is 0 Å². The van der Waals surface area contributed by atoms with E-state index in [1.165, 1.54) is 0 Å². The number of aryl methyl sites for hydroxylation is 1. The summed E-state index contributed by atoms with van der Waals surface area (Å²) in [6, 6.07) is -0.446. The Bertz CT molecular complexity index is 486. The normalized spacial score (nSPS) is 12.3. The molecule has 1 N–H and O–H groups in total. The van der Waals surface area contributed by atoms with E-state index in [4.69, 9.17) is 23.2 Å². The van der Waals surface area contributed by atoms with Crippen LogP contribution in [0, 0.1) is 13.8 Å². The van der Waals surface area contributed by atoms with Gasteiger partial charge in [-0.15, -0.1) is 0 Å². The Morgan fingerprint density at radius 1 is 1.42 bits per heavy atom. The zero-order chi connectivity index (χ0) is 14.6. The van der Waals surface area contributed by atoms with Crippen LogP contribution in [0.5, 0.6) is 0 Å². The third-order valence-corrected chi connectivity index (χ3v) is 3.57. The Balaban J connectivity index is 2.57. The first-order chi connectivity index (χ1) is 8.84. The highest BCUT2D eigenvalue weighted by Gasteiger charge is 2.19. The van der Waals surface area contributed by atoms with Crippen molar-refractivity contribution in [1.82, 2.24) is 15.1 Å². The number of amides is 1. The highest BCUT2D eigenvalue weighted by Crippen LogP contribution is 2.22. The summed E-state index contributed by atoms with van der Waals surface area (Å²) < 4.78 is 1.60. The van der Waals surface area contributed by atoms with Crippen molar-refractivity contribution in [2.75, 3.05) is 6.54 Å². The van der Waals surface area contributed by atoms with E-state index >= 15 is 0 Å². The number of nitrogens with zero attached hydrogens (tertiary/aromatic N) is 2. The van der Waals surface area contributed by atoms with E-state index in [1.807, 2.05) is 6.92 Å². The molecule has 0 fully saturated rings. The number of hydrogen-bond donors (Lipinski definition) is 1. The predicted molar refractivity (Wildman–Crippen MR) is 74.5 cm³/mol. The lowest BCUT2D eigenvalue weighted by molar-refractivity contribution is -0.124. The van der Waals surface area contributed by atoms with Crippen LogP contribution in [0.3, 0.4) is 0 Å². The molecule has 1 rings (SSSR count). The second-order valence-corrected chi connectivity index (χ2v) is 5.15. The number of carbonyl (C=O) groups is 2. The fourth-order valence-electron chi connectivity index (χ4n) is 1.72. The molecule has 1 amide bonds. The van der Waals surface area contributed by atoms with Crippen LogP contribution >= 0.6 is 23.2 Å². The van der Waals surface area contributed by atoms with Crippen molar-refractivity contribution >= 4 is 34.4 Å². The molecule has 0 aliphatic heterocycles. The summed E-state index contributed by atoms with van der Waals surface area (Å²) in [6.07, 6.45) is 0.778. The molecular weight excluding hydrogens is 289 g/mol. The van der Waals surface area contributed by atoms with E-state index in [0.29, 0.717) is 23.7 Å². The molecule has 5 nitrogen and oxygen atoms in total. The molecule has 0 aliphatic rings. The van der Waals surface area contributed by atoms with E-state index in [9.17, 15) is 9.59 Å². The molecule has 0 saturated heterocycles. The van der Waals surface area contributed by atoms with E-state index in [2.05, 4.69) is 10.4 Å². The minimum atomic E-state index is -0.446. The molecule has 0 radical (unpaired) electrons. The number of hydrogen-bond acceptors (Lipinski definition) is 3. The average molecular weight is 306 g/mol. The van der Waals surface area contributed by atoms with Crippen molar-refractivity contribution in [3.05, 3.63) is 16.4 Å². The Hall–Kier alpha value is -1.07. The molecule has 1 unspecified atom stereocenters. The molecule has 0 aliphatic carbocycles. The zero-order valence-electron chi connectivity index (χ0n) is 11.2. The Kier molecular flexibility index (Phi) is 5.82. The van der Waals surface area contributed by atoms with Gasteiger partial charge in [0.1, 0.15) is 6.04 Å². The maximum absolute atomic E-state index is 11.9. The minimum Gasteiger partial charge on any atom is -0.354 e.